The summed E-state index contributed by atoms with van der Waals surface area (Å²) in [6.07, 6.45) is 4.76. The standard InChI is InChI=1S/C14H24N2O3/c1-14(2)7-3-6-11(14)15-13(19)16-8-4-5-10(9-16)12(17)18/h10-11H,3-9H2,1-2H3,(H,15,19)(H,17,18). The molecule has 2 unspecified atom stereocenters. The zero-order valence-corrected chi connectivity index (χ0v) is 11.8. The van der Waals surface area contributed by atoms with Crippen LogP contribution in [0.3, 0.4) is 0 Å². The molecule has 0 radical (unpaired) electrons. The molecule has 5 nitrogen and oxygen atoms in total. The predicted molar refractivity (Wildman–Crippen MR) is 71.9 cm³/mol. The van der Waals surface area contributed by atoms with Gasteiger partial charge in [-0.2, -0.15) is 0 Å². The molecule has 2 atom stereocenters. The smallest absolute Gasteiger partial charge is 0.317 e. The van der Waals surface area contributed by atoms with Gasteiger partial charge in [0.05, 0.1) is 5.92 Å². The van der Waals surface area contributed by atoms with Crippen LogP contribution in [0, 0.1) is 11.3 Å². The number of nitrogens with one attached hydrogen (secondary N) is 1. The molecule has 2 N–H and O–H groups in total. The van der Waals surface area contributed by atoms with Crippen molar-refractivity contribution in [3.8, 4) is 0 Å². The maximum Gasteiger partial charge on any atom is 0.317 e. The number of carboxylic acid groups (broad SMARTS) is 1. The van der Waals surface area contributed by atoms with E-state index in [1.165, 1.54) is 0 Å². The van der Waals surface area contributed by atoms with E-state index in [2.05, 4.69) is 19.2 Å². The topological polar surface area (TPSA) is 69.6 Å². The number of carbonyl (C=O) groups excluding carboxylic acids is 1. The summed E-state index contributed by atoms with van der Waals surface area (Å²) in [6.45, 7) is 5.37. The summed E-state index contributed by atoms with van der Waals surface area (Å²) in [5.74, 6) is -1.20. The van der Waals surface area contributed by atoms with E-state index < -0.39 is 11.9 Å². The Labute approximate surface area is 114 Å². The minimum atomic E-state index is -0.793. The zero-order valence-electron chi connectivity index (χ0n) is 11.8. The fraction of sp³-hybridized carbons (Fsp3) is 0.857. The van der Waals surface area contributed by atoms with E-state index >= 15 is 0 Å². The van der Waals surface area contributed by atoms with Gasteiger partial charge in [0.2, 0.25) is 0 Å². The highest BCUT2D eigenvalue weighted by molar-refractivity contribution is 5.76. The monoisotopic (exact) mass is 268 g/mol. The van der Waals surface area contributed by atoms with Crippen molar-refractivity contribution in [2.45, 2.75) is 52.0 Å². The van der Waals surface area contributed by atoms with Crippen molar-refractivity contribution in [3.05, 3.63) is 0 Å². The SMILES string of the molecule is CC1(C)CCCC1NC(=O)N1CCCC(C(=O)O)C1. The average molecular weight is 268 g/mol. The van der Waals surface area contributed by atoms with E-state index in [-0.39, 0.29) is 17.5 Å². The molecule has 2 rings (SSSR count). The molecule has 0 aromatic rings. The molecular formula is C14H24N2O3. The molecule has 1 heterocycles. The lowest BCUT2D eigenvalue weighted by Gasteiger charge is -2.34. The highest BCUT2D eigenvalue weighted by atomic mass is 16.4. The van der Waals surface area contributed by atoms with Crippen molar-refractivity contribution in [1.29, 1.82) is 0 Å². The van der Waals surface area contributed by atoms with Gasteiger partial charge in [-0.15, -0.1) is 0 Å². The number of hydrogen-bond donors (Lipinski definition) is 2. The van der Waals surface area contributed by atoms with Crippen molar-refractivity contribution in [3.63, 3.8) is 0 Å². The van der Waals surface area contributed by atoms with E-state index in [1.54, 1.807) is 4.90 Å². The molecule has 0 spiro atoms. The number of piperidine rings is 1. The minimum absolute atomic E-state index is 0.0917. The zero-order chi connectivity index (χ0) is 14.0. The molecule has 1 saturated carbocycles. The van der Waals surface area contributed by atoms with Gasteiger partial charge < -0.3 is 15.3 Å². The van der Waals surface area contributed by atoms with Gasteiger partial charge in [0, 0.05) is 19.1 Å². The van der Waals surface area contributed by atoms with Crippen LogP contribution >= 0.6 is 0 Å². The number of rotatable bonds is 2. The molecule has 1 aliphatic heterocycles. The van der Waals surface area contributed by atoms with Gasteiger partial charge in [-0.05, 0) is 31.1 Å². The van der Waals surface area contributed by atoms with Crippen molar-refractivity contribution in [2.24, 2.45) is 11.3 Å². The van der Waals surface area contributed by atoms with Crippen LogP contribution in [0.2, 0.25) is 0 Å². The second kappa shape index (κ2) is 5.39. The Morgan fingerprint density at radius 3 is 2.58 bits per heavy atom. The molecule has 2 amide bonds. The van der Waals surface area contributed by atoms with Gasteiger partial charge in [-0.25, -0.2) is 4.79 Å². The predicted octanol–water partition coefficient (Wildman–Crippen LogP) is 2.07. The molecule has 19 heavy (non-hydrogen) atoms. The maximum atomic E-state index is 12.2. The minimum Gasteiger partial charge on any atom is -0.481 e. The number of carbonyl (C=O) groups is 2. The Bertz CT molecular complexity index is 368. The number of nitrogens with zero attached hydrogens (tertiary/aromatic N) is 1. The first kappa shape index (κ1) is 14.2. The summed E-state index contributed by atoms with van der Waals surface area (Å²) < 4.78 is 0. The normalized spacial score (nSPS) is 30.1. The highest BCUT2D eigenvalue weighted by Gasteiger charge is 2.37. The lowest BCUT2D eigenvalue weighted by atomic mass is 9.87. The molecule has 5 heteroatoms. The summed E-state index contributed by atoms with van der Waals surface area (Å²) in [4.78, 5) is 24.9. The average Bonchev–Trinajstić information content (AvgIpc) is 2.69. The van der Waals surface area contributed by atoms with Crippen molar-refractivity contribution in [1.82, 2.24) is 10.2 Å². The van der Waals surface area contributed by atoms with Gasteiger partial charge in [-0.3, -0.25) is 4.79 Å². The maximum absolute atomic E-state index is 12.2. The van der Waals surface area contributed by atoms with Gasteiger partial charge in [0.15, 0.2) is 0 Å². The third-order valence-corrected chi connectivity index (χ3v) is 4.61. The van der Waals surface area contributed by atoms with Crippen LogP contribution in [0.1, 0.15) is 46.0 Å². The Balaban J connectivity index is 1.91. The van der Waals surface area contributed by atoms with Gasteiger partial charge in [0.1, 0.15) is 0 Å². The van der Waals surface area contributed by atoms with Gasteiger partial charge in [-0.1, -0.05) is 20.3 Å². The van der Waals surface area contributed by atoms with Crippen LogP contribution in [0.15, 0.2) is 0 Å². The second-order valence-corrected chi connectivity index (χ2v) is 6.51. The number of amides is 2. The van der Waals surface area contributed by atoms with E-state index in [9.17, 15) is 9.59 Å². The molecular weight excluding hydrogens is 244 g/mol. The molecule has 1 aliphatic carbocycles. The van der Waals surface area contributed by atoms with Crippen molar-refractivity contribution >= 4 is 12.0 Å². The largest absolute Gasteiger partial charge is 0.481 e. The van der Waals surface area contributed by atoms with E-state index in [0.29, 0.717) is 19.5 Å². The van der Waals surface area contributed by atoms with E-state index in [0.717, 1.165) is 25.7 Å². The summed E-state index contributed by atoms with van der Waals surface area (Å²) in [5, 5.41) is 12.1. The molecule has 2 aliphatic rings. The molecule has 1 saturated heterocycles. The number of carboxylic acids is 1. The quantitative estimate of drug-likeness (QED) is 0.805. The van der Waals surface area contributed by atoms with Crippen molar-refractivity contribution < 1.29 is 14.7 Å². The Hall–Kier alpha value is -1.26. The number of aliphatic carboxylic acids is 1. The molecule has 0 bridgehead atoms. The number of urea groups is 1. The Morgan fingerprint density at radius 1 is 1.26 bits per heavy atom. The summed E-state index contributed by atoms with van der Waals surface area (Å²) >= 11 is 0. The molecule has 108 valence electrons. The first-order chi connectivity index (χ1) is 8.90. The van der Waals surface area contributed by atoms with Crippen LogP contribution in [0.5, 0.6) is 0 Å². The first-order valence-electron chi connectivity index (χ1n) is 7.18. The van der Waals surface area contributed by atoms with Crippen LogP contribution in [0.4, 0.5) is 4.79 Å². The fourth-order valence-corrected chi connectivity index (χ4v) is 3.20. The molecule has 0 aromatic heterocycles. The summed E-state index contributed by atoms with van der Waals surface area (Å²) in [7, 11) is 0. The number of likely N-dealkylation sites (tertiary alicyclic amines) is 1. The van der Waals surface area contributed by atoms with Crippen LogP contribution < -0.4 is 5.32 Å². The summed E-state index contributed by atoms with van der Waals surface area (Å²) in [5.41, 5.74) is 0.150. The van der Waals surface area contributed by atoms with Crippen LogP contribution in [-0.4, -0.2) is 41.1 Å². The molecule has 0 aromatic carbocycles. The second-order valence-electron chi connectivity index (χ2n) is 6.51. The fourth-order valence-electron chi connectivity index (χ4n) is 3.20. The van der Waals surface area contributed by atoms with E-state index in [4.69, 9.17) is 5.11 Å². The number of hydrogen-bond acceptors (Lipinski definition) is 2. The lowest BCUT2D eigenvalue weighted by molar-refractivity contribution is -0.143. The Kier molecular flexibility index (Phi) is 4.02. The van der Waals surface area contributed by atoms with Crippen LogP contribution in [-0.2, 0) is 4.79 Å². The van der Waals surface area contributed by atoms with Gasteiger partial charge in [0.25, 0.3) is 0 Å². The third kappa shape index (κ3) is 3.19. The summed E-state index contributed by atoms with van der Waals surface area (Å²) in [6, 6.07) is 0.121. The van der Waals surface area contributed by atoms with E-state index in [1.807, 2.05) is 0 Å². The lowest BCUT2D eigenvalue weighted by Crippen LogP contribution is -2.51. The Morgan fingerprint density at radius 2 is 2.00 bits per heavy atom. The van der Waals surface area contributed by atoms with Crippen molar-refractivity contribution in [2.75, 3.05) is 13.1 Å². The first-order valence-corrected chi connectivity index (χ1v) is 7.18. The highest BCUT2D eigenvalue weighted by Crippen LogP contribution is 2.37. The third-order valence-electron chi connectivity index (χ3n) is 4.61. The van der Waals surface area contributed by atoms with Gasteiger partial charge >= 0.3 is 12.0 Å². The van der Waals surface area contributed by atoms with Crippen LogP contribution in [0.25, 0.3) is 0 Å². The molecule has 2 fully saturated rings.